The first kappa shape index (κ1) is 25.2. The van der Waals surface area contributed by atoms with Crippen molar-refractivity contribution in [2.45, 2.75) is 57.7 Å². The first-order valence-corrected chi connectivity index (χ1v) is 11.6. The maximum Gasteiger partial charge on any atom is 0.257 e. The van der Waals surface area contributed by atoms with E-state index in [-0.39, 0.29) is 13.2 Å². The van der Waals surface area contributed by atoms with Gasteiger partial charge in [0.15, 0.2) is 6.29 Å². The summed E-state index contributed by atoms with van der Waals surface area (Å²) < 4.78 is 23.6. The minimum absolute atomic E-state index is 0.0754. The molecular weight excluding hydrogens is 450 g/mol. The summed E-state index contributed by atoms with van der Waals surface area (Å²) >= 11 is 0. The number of hydrogen-bond acceptors (Lipinski definition) is 7. The molecule has 2 aromatic rings. The fourth-order valence-corrected chi connectivity index (χ4v) is 4.38. The first-order valence-electron chi connectivity index (χ1n) is 11.6. The van der Waals surface area contributed by atoms with E-state index >= 15 is 0 Å². The molecule has 0 unspecified atom stereocenters. The van der Waals surface area contributed by atoms with Crippen molar-refractivity contribution in [2.75, 3.05) is 13.7 Å². The van der Waals surface area contributed by atoms with Crippen LogP contribution in [-0.2, 0) is 41.8 Å². The number of carbonyl (C=O) groups excluding carboxylic acids is 2. The molecule has 0 radical (unpaired) electrons. The normalized spacial score (nSPS) is 27.1. The van der Waals surface area contributed by atoms with Gasteiger partial charge in [-0.05, 0) is 25.0 Å². The lowest BCUT2D eigenvalue weighted by atomic mass is 9.95. The Hall–Kier alpha value is -2.88. The topological polar surface area (TPSA) is 94.5 Å². The van der Waals surface area contributed by atoms with Gasteiger partial charge in [-0.15, -0.1) is 0 Å². The summed E-state index contributed by atoms with van der Waals surface area (Å²) in [7, 11) is 1.43. The van der Waals surface area contributed by atoms with Crippen molar-refractivity contribution >= 4 is 11.8 Å². The van der Waals surface area contributed by atoms with Gasteiger partial charge in [0.1, 0.15) is 24.4 Å². The molecule has 5 atom stereocenters. The number of aliphatic hydroxyl groups excluding tert-OH is 1. The molecule has 0 aromatic heterocycles. The second-order valence-electron chi connectivity index (χ2n) is 8.75. The minimum Gasteiger partial charge on any atom is -0.388 e. The van der Waals surface area contributed by atoms with Gasteiger partial charge >= 0.3 is 0 Å². The number of rotatable bonds is 9. The molecule has 0 spiro atoms. The van der Waals surface area contributed by atoms with E-state index in [1.807, 2.05) is 60.7 Å². The summed E-state index contributed by atoms with van der Waals surface area (Å²) in [5.41, 5.74) is 2.59. The summed E-state index contributed by atoms with van der Waals surface area (Å²) in [5.74, 6) is -0.884. The lowest BCUT2D eigenvalue weighted by Crippen LogP contribution is -2.66. The van der Waals surface area contributed by atoms with E-state index in [1.165, 1.54) is 7.11 Å². The molecule has 35 heavy (non-hydrogen) atoms. The van der Waals surface area contributed by atoms with Gasteiger partial charge < -0.3 is 24.1 Å². The van der Waals surface area contributed by atoms with Crippen LogP contribution in [0.2, 0.25) is 0 Å². The molecule has 1 fully saturated rings. The van der Waals surface area contributed by atoms with Gasteiger partial charge in [-0.25, -0.2) is 0 Å². The molecule has 2 aliphatic rings. The van der Waals surface area contributed by atoms with Gasteiger partial charge in [-0.2, -0.15) is 0 Å². The number of benzene rings is 2. The molecule has 8 nitrogen and oxygen atoms in total. The largest absolute Gasteiger partial charge is 0.388 e. The Kier molecular flexibility index (Phi) is 8.10. The predicted octanol–water partition coefficient (Wildman–Crippen LogP) is 2.59. The lowest BCUT2D eigenvalue weighted by Gasteiger charge is -2.46. The number of imide groups is 1. The standard InChI is InChI=1S/C27H31NO7/c1-17-18(2)26(31)28(25(17)30)22-24(34-15-20-12-8-5-9-13-20)23(29)21(35-27(22)32-3)16-33-14-19-10-6-4-7-11-19/h4-13,21-24,27,29H,14-16H2,1-3H3/t21-,22-,23-,24-,27-/m1/s1. The Morgan fingerprint density at radius 3 is 1.97 bits per heavy atom. The molecule has 0 saturated carbocycles. The van der Waals surface area contributed by atoms with Crippen molar-refractivity contribution in [3.63, 3.8) is 0 Å². The van der Waals surface area contributed by atoms with E-state index in [2.05, 4.69) is 0 Å². The van der Waals surface area contributed by atoms with Crippen LogP contribution in [0.15, 0.2) is 71.8 Å². The lowest BCUT2D eigenvalue weighted by molar-refractivity contribution is -0.286. The van der Waals surface area contributed by atoms with Gasteiger partial charge in [0.2, 0.25) is 0 Å². The van der Waals surface area contributed by atoms with Crippen molar-refractivity contribution in [3.8, 4) is 0 Å². The summed E-state index contributed by atoms with van der Waals surface area (Å²) in [6.45, 7) is 3.81. The van der Waals surface area contributed by atoms with Gasteiger partial charge in [0, 0.05) is 18.3 Å². The minimum atomic E-state index is -1.17. The van der Waals surface area contributed by atoms with E-state index in [4.69, 9.17) is 18.9 Å². The number of ether oxygens (including phenoxy) is 4. The fourth-order valence-electron chi connectivity index (χ4n) is 4.38. The van der Waals surface area contributed by atoms with Crippen LogP contribution < -0.4 is 0 Å². The summed E-state index contributed by atoms with van der Waals surface area (Å²) in [6.07, 6.45) is -3.92. The first-order chi connectivity index (χ1) is 16.9. The van der Waals surface area contributed by atoms with Crippen LogP contribution in [0, 0.1) is 0 Å². The fraction of sp³-hybridized carbons (Fsp3) is 0.407. The highest BCUT2D eigenvalue weighted by molar-refractivity contribution is 6.19. The van der Waals surface area contributed by atoms with Gasteiger partial charge in [0.25, 0.3) is 11.8 Å². The molecule has 2 heterocycles. The second kappa shape index (κ2) is 11.2. The number of hydrogen-bond donors (Lipinski definition) is 1. The molecular formula is C27H31NO7. The third kappa shape index (κ3) is 5.37. The molecule has 8 heteroatoms. The van der Waals surface area contributed by atoms with Crippen molar-refractivity contribution < 1.29 is 33.6 Å². The number of carbonyl (C=O) groups is 2. The van der Waals surface area contributed by atoms with Crippen LogP contribution in [-0.4, -0.2) is 66.2 Å². The summed E-state index contributed by atoms with van der Waals surface area (Å²) in [6, 6.07) is 18.2. The second-order valence-corrected chi connectivity index (χ2v) is 8.75. The summed E-state index contributed by atoms with van der Waals surface area (Å²) in [5, 5.41) is 11.3. The zero-order chi connectivity index (χ0) is 24.9. The van der Waals surface area contributed by atoms with E-state index in [0.29, 0.717) is 17.8 Å². The Labute approximate surface area is 205 Å². The van der Waals surface area contributed by atoms with Crippen LogP contribution in [0.3, 0.4) is 0 Å². The van der Waals surface area contributed by atoms with E-state index in [9.17, 15) is 14.7 Å². The third-order valence-electron chi connectivity index (χ3n) is 6.49. The average molecular weight is 482 g/mol. The van der Waals surface area contributed by atoms with Gasteiger partial charge in [0.05, 0.1) is 19.8 Å². The Morgan fingerprint density at radius 2 is 1.43 bits per heavy atom. The number of methoxy groups -OCH3 is 1. The Balaban J connectivity index is 1.55. The van der Waals surface area contributed by atoms with Crippen molar-refractivity contribution in [3.05, 3.63) is 82.9 Å². The maximum absolute atomic E-state index is 13.0. The smallest absolute Gasteiger partial charge is 0.257 e. The number of nitrogens with zero attached hydrogens (tertiary/aromatic N) is 1. The average Bonchev–Trinajstić information content (AvgIpc) is 3.07. The van der Waals surface area contributed by atoms with E-state index in [1.54, 1.807) is 13.8 Å². The molecule has 4 rings (SSSR count). The monoisotopic (exact) mass is 481 g/mol. The molecule has 0 bridgehead atoms. The highest BCUT2D eigenvalue weighted by Crippen LogP contribution is 2.33. The number of aliphatic hydroxyl groups is 1. The van der Waals surface area contributed by atoms with Crippen LogP contribution in [0.25, 0.3) is 0 Å². The predicted molar refractivity (Wildman–Crippen MR) is 127 cm³/mol. The zero-order valence-electron chi connectivity index (χ0n) is 20.1. The van der Waals surface area contributed by atoms with Crippen molar-refractivity contribution in [1.29, 1.82) is 0 Å². The van der Waals surface area contributed by atoms with Gasteiger partial charge in [-0.3, -0.25) is 14.5 Å². The highest BCUT2D eigenvalue weighted by atomic mass is 16.7. The van der Waals surface area contributed by atoms with Crippen LogP contribution in [0.5, 0.6) is 0 Å². The molecule has 2 aromatic carbocycles. The maximum atomic E-state index is 13.0. The molecule has 1 N–H and O–H groups in total. The van der Waals surface area contributed by atoms with Crippen LogP contribution in [0.1, 0.15) is 25.0 Å². The van der Waals surface area contributed by atoms with Crippen molar-refractivity contribution in [2.24, 2.45) is 0 Å². The van der Waals surface area contributed by atoms with Crippen molar-refractivity contribution in [1.82, 2.24) is 4.90 Å². The zero-order valence-corrected chi connectivity index (χ0v) is 20.1. The molecule has 0 aliphatic carbocycles. The van der Waals surface area contributed by atoms with E-state index < -0.39 is 42.5 Å². The molecule has 2 amide bonds. The Bertz CT molecular complexity index is 1030. The highest BCUT2D eigenvalue weighted by Gasteiger charge is 2.53. The van der Waals surface area contributed by atoms with Crippen LogP contribution >= 0.6 is 0 Å². The van der Waals surface area contributed by atoms with E-state index in [0.717, 1.165) is 16.0 Å². The molecule has 2 aliphatic heterocycles. The van der Waals surface area contributed by atoms with Gasteiger partial charge in [-0.1, -0.05) is 60.7 Å². The quantitative estimate of drug-likeness (QED) is 0.550. The number of amides is 2. The molecule has 186 valence electrons. The molecule has 1 saturated heterocycles. The third-order valence-corrected chi connectivity index (χ3v) is 6.49. The SMILES string of the molecule is CO[C@@H]1O[C@H](COCc2ccccc2)[C@@H](O)[C@H](OCc2ccccc2)[C@H]1N1C(=O)C(C)=C(C)C1=O. The Morgan fingerprint density at radius 1 is 0.886 bits per heavy atom. The van der Waals surface area contributed by atoms with Crippen LogP contribution in [0.4, 0.5) is 0 Å². The summed E-state index contributed by atoms with van der Waals surface area (Å²) in [4.78, 5) is 27.1.